The van der Waals surface area contributed by atoms with Gasteiger partial charge in [-0.05, 0) is 43.2 Å². The van der Waals surface area contributed by atoms with Gasteiger partial charge in [0.1, 0.15) is 5.37 Å². The molecule has 3 aromatic rings. The average molecular weight is 408 g/mol. The van der Waals surface area contributed by atoms with Gasteiger partial charge in [0.25, 0.3) is 0 Å². The Labute approximate surface area is 161 Å². The van der Waals surface area contributed by atoms with Crippen LogP contribution in [0.3, 0.4) is 0 Å². The molecule has 1 aliphatic heterocycles. The zero-order valence-corrected chi connectivity index (χ0v) is 16.3. The number of hydrogen-bond donors (Lipinski definition) is 1. The molecule has 1 aromatic heterocycles. The maximum Gasteiger partial charge on any atom is 0.194 e. The van der Waals surface area contributed by atoms with Gasteiger partial charge in [-0.3, -0.25) is 5.32 Å². The molecule has 1 N–H and O–H groups in total. The monoisotopic (exact) mass is 407 g/mol. The van der Waals surface area contributed by atoms with E-state index in [4.69, 9.17) is 11.6 Å². The van der Waals surface area contributed by atoms with Crippen molar-refractivity contribution >= 4 is 48.1 Å². The van der Waals surface area contributed by atoms with Crippen LogP contribution >= 0.6 is 22.9 Å². The maximum atomic E-state index is 12.9. The minimum atomic E-state index is -3.39. The molecule has 4 rings (SSSR count). The summed E-state index contributed by atoms with van der Waals surface area (Å²) in [5.74, 6) is 0. The number of hydrogen-bond acceptors (Lipinski definition) is 6. The van der Waals surface area contributed by atoms with E-state index in [1.165, 1.54) is 0 Å². The number of sulfone groups is 1. The number of fused-ring (bicyclic) bond motifs is 1. The molecule has 0 bridgehead atoms. The van der Waals surface area contributed by atoms with E-state index >= 15 is 0 Å². The van der Waals surface area contributed by atoms with Crippen molar-refractivity contribution in [3.05, 3.63) is 53.6 Å². The van der Waals surface area contributed by atoms with Crippen LogP contribution in [-0.2, 0) is 9.84 Å². The lowest BCUT2D eigenvalue weighted by atomic mass is 10.3. The molecule has 0 aliphatic carbocycles. The van der Waals surface area contributed by atoms with Gasteiger partial charge in [-0.2, -0.15) is 0 Å². The molecule has 1 aliphatic rings. The molecular formula is C18H18ClN3O2S2. The van der Waals surface area contributed by atoms with Crippen molar-refractivity contribution in [3.8, 4) is 0 Å². The topological polar surface area (TPSA) is 62.3 Å². The first-order chi connectivity index (χ1) is 12.5. The highest BCUT2D eigenvalue weighted by Crippen LogP contribution is 2.31. The van der Waals surface area contributed by atoms with Crippen molar-refractivity contribution in [1.29, 1.82) is 0 Å². The fourth-order valence-corrected chi connectivity index (χ4v) is 5.99. The minimum Gasteiger partial charge on any atom is -0.335 e. The molecule has 1 saturated heterocycles. The van der Waals surface area contributed by atoms with Crippen molar-refractivity contribution in [2.75, 3.05) is 18.1 Å². The highest BCUT2D eigenvalue weighted by Gasteiger charge is 2.29. The second-order valence-electron chi connectivity index (χ2n) is 6.22. The first kappa shape index (κ1) is 17.7. The van der Waals surface area contributed by atoms with Gasteiger partial charge in [0.15, 0.2) is 15.0 Å². The van der Waals surface area contributed by atoms with E-state index in [0.717, 1.165) is 28.3 Å². The van der Waals surface area contributed by atoms with E-state index < -0.39 is 15.2 Å². The molecule has 5 nitrogen and oxygen atoms in total. The van der Waals surface area contributed by atoms with Crippen LogP contribution in [0.4, 0.5) is 5.13 Å². The Kier molecular flexibility index (Phi) is 4.88. The van der Waals surface area contributed by atoms with Gasteiger partial charge >= 0.3 is 0 Å². The molecule has 0 spiro atoms. The van der Waals surface area contributed by atoms with E-state index in [2.05, 4.69) is 15.2 Å². The van der Waals surface area contributed by atoms with Crippen molar-refractivity contribution < 1.29 is 8.42 Å². The molecule has 1 fully saturated rings. The van der Waals surface area contributed by atoms with Gasteiger partial charge in [0, 0.05) is 11.6 Å². The summed E-state index contributed by atoms with van der Waals surface area (Å²) < 4.78 is 26.7. The molecule has 8 heteroatoms. The molecule has 26 heavy (non-hydrogen) atoms. The Hall–Kier alpha value is -1.67. The summed E-state index contributed by atoms with van der Waals surface area (Å²) in [6.07, 6.45) is 1.35. The summed E-state index contributed by atoms with van der Waals surface area (Å²) in [4.78, 5) is 7.12. The van der Waals surface area contributed by atoms with E-state index in [0.29, 0.717) is 23.0 Å². The standard InChI is InChI=1S/C18H18ClN3O2S2/c19-13-8-9-15-16(11-13)25-18(21-15)22-10-4-7-17(20-12-22)26(23,24)14-5-2-1-3-6-14/h1-3,5-6,8-9,11,17,20H,4,7,10,12H2. The summed E-state index contributed by atoms with van der Waals surface area (Å²) in [5.41, 5.74) is 0.909. The average Bonchev–Trinajstić information content (AvgIpc) is 2.89. The number of aromatic nitrogens is 1. The predicted octanol–water partition coefficient (Wildman–Crippen LogP) is 3.90. The number of halogens is 1. The highest BCUT2D eigenvalue weighted by molar-refractivity contribution is 7.92. The van der Waals surface area contributed by atoms with Crippen LogP contribution < -0.4 is 10.2 Å². The predicted molar refractivity (Wildman–Crippen MR) is 107 cm³/mol. The Morgan fingerprint density at radius 3 is 2.81 bits per heavy atom. The smallest absolute Gasteiger partial charge is 0.194 e. The maximum absolute atomic E-state index is 12.9. The normalized spacial score (nSPS) is 18.8. The number of benzene rings is 2. The fraction of sp³-hybridized carbons (Fsp3) is 0.278. The number of nitrogens with one attached hydrogen (secondary N) is 1. The van der Waals surface area contributed by atoms with Crippen molar-refractivity contribution in [1.82, 2.24) is 10.3 Å². The largest absolute Gasteiger partial charge is 0.335 e. The number of rotatable bonds is 3. The molecule has 1 atom stereocenters. The lowest BCUT2D eigenvalue weighted by Crippen LogP contribution is -2.40. The van der Waals surface area contributed by atoms with Crippen LogP contribution in [0.5, 0.6) is 0 Å². The van der Waals surface area contributed by atoms with Crippen LogP contribution in [0.25, 0.3) is 10.2 Å². The van der Waals surface area contributed by atoms with Crippen LogP contribution in [0, 0.1) is 0 Å². The van der Waals surface area contributed by atoms with Crippen molar-refractivity contribution in [3.63, 3.8) is 0 Å². The first-order valence-corrected chi connectivity index (χ1v) is 11.1. The van der Waals surface area contributed by atoms with Gasteiger partial charge in [0.2, 0.25) is 0 Å². The Bertz CT molecular complexity index is 1020. The van der Waals surface area contributed by atoms with Crippen LogP contribution in [0.1, 0.15) is 12.8 Å². The molecule has 136 valence electrons. The highest BCUT2D eigenvalue weighted by atomic mass is 35.5. The lowest BCUT2D eigenvalue weighted by Gasteiger charge is -2.20. The Morgan fingerprint density at radius 2 is 2.00 bits per heavy atom. The summed E-state index contributed by atoms with van der Waals surface area (Å²) in [7, 11) is -3.39. The van der Waals surface area contributed by atoms with Gasteiger partial charge in [-0.1, -0.05) is 41.1 Å². The number of anilines is 1. The van der Waals surface area contributed by atoms with Gasteiger partial charge in [-0.15, -0.1) is 0 Å². The van der Waals surface area contributed by atoms with Crippen LogP contribution in [0.15, 0.2) is 53.4 Å². The Balaban J connectivity index is 1.54. The Morgan fingerprint density at radius 1 is 1.19 bits per heavy atom. The fourth-order valence-electron chi connectivity index (χ4n) is 3.08. The zero-order valence-electron chi connectivity index (χ0n) is 13.9. The third-order valence-electron chi connectivity index (χ3n) is 4.46. The van der Waals surface area contributed by atoms with Crippen molar-refractivity contribution in [2.24, 2.45) is 0 Å². The molecule has 0 amide bonds. The third kappa shape index (κ3) is 3.44. The zero-order chi connectivity index (χ0) is 18.1. The van der Waals surface area contributed by atoms with E-state index in [1.807, 2.05) is 24.3 Å². The van der Waals surface area contributed by atoms with Gasteiger partial charge < -0.3 is 4.90 Å². The molecule has 2 aromatic carbocycles. The summed E-state index contributed by atoms with van der Waals surface area (Å²) in [6.45, 7) is 1.21. The van der Waals surface area contributed by atoms with E-state index in [9.17, 15) is 8.42 Å². The molecule has 2 heterocycles. The van der Waals surface area contributed by atoms with Gasteiger partial charge in [-0.25, -0.2) is 13.4 Å². The summed E-state index contributed by atoms with van der Waals surface area (Å²) in [5, 5.41) is 4.19. The molecule has 0 radical (unpaired) electrons. The number of nitrogens with zero attached hydrogens (tertiary/aromatic N) is 2. The van der Waals surface area contributed by atoms with Crippen molar-refractivity contribution in [2.45, 2.75) is 23.1 Å². The summed E-state index contributed by atoms with van der Waals surface area (Å²) >= 11 is 7.63. The minimum absolute atomic E-state index is 0.362. The second-order valence-corrected chi connectivity index (χ2v) is 9.80. The first-order valence-electron chi connectivity index (χ1n) is 8.37. The van der Waals surface area contributed by atoms with Crippen LogP contribution in [0.2, 0.25) is 5.02 Å². The summed E-state index contributed by atoms with van der Waals surface area (Å²) in [6, 6.07) is 14.3. The SMILES string of the molecule is O=S(=O)(c1ccccc1)C1CCCN(c2nc3ccc(Cl)cc3s2)CN1. The number of thiazole rings is 1. The third-order valence-corrected chi connectivity index (χ3v) is 7.85. The van der Waals surface area contributed by atoms with E-state index in [-0.39, 0.29) is 0 Å². The van der Waals surface area contributed by atoms with Crippen LogP contribution in [-0.4, -0.2) is 32.0 Å². The quantitative estimate of drug-likeness (QED) is 0.713. The van der Waals surface area contributed by atoms with E-state index in [1.54, 1.807) is 35.6 Å². The van der Waals surface area contributed by atoms with Gasteiger partial charge in [0.05, 0.1) is 21.8 Å². The second kappa shape index (κ2) is 7.15. The molecular weight excluding hydrogens is 390 g/mol. The lowest BCUT2D eigenvalue weighted by molar-refractivity contribution is 0.546. The molecule has 0 saturated carbocycles. The molecule has 1 unspecified atom stereocenters.